The third-order valence-electron chi connectivity index (χ3n) is 5.86. The van der Waals surface area contributed by atoms with Crippen molar-refractivity contribution >= 4 is 47.3 Å². The quantitative estimate of drug-likeness (QED) is 0.231. The van der Waals surface area contributed by atoms with Crippen LogP contribution >= 0.6 is 6.64 Å². The number of fused-ring (bicyclic) bond motifs is 1. The van der Waals surface area contributed by atoms with Crippen molar-refractivity contribution in [3.8, 4) is 5.75 Å². The first-order valence-electron chi connectivity index (χ1n) is 12.4. The Morgan fingerprint density at radius 3 is 2.71 bits per heavy atom. The van der Waals surface area contributed by atoms with E-state index in [0.717, 1.165) is 0 Å². The molecule has 1 aliphatic rings. The van der Waals surface area contributed by atoms with Crippen LogP contribution in [0.25, 0.3) is 11.2 Å². The minimum absolute atomic E-state index is 0.121. The van der Waals surface area contributed by atoms with E-state index in [0.29, 0.717) is 29.2 Å². The summed E-state index contributed by atoms with van der Waals surface area (Å²) in [5.74, 6) is 0.912. The highest BCUT2D eigenvalue weighted by Gasteiger charge is 2.37. The lowest BCUT2D eigenvalue weighted by Crippen LogP contribution is -2.36. The number of hydrogen-bond acceptors (Lipinski definition) is 11. The summed E-state index contributed by atoms with van der Waals surface area (Å²) >= 11 is 5.81. The van der Waals surface area contributed by atoms with Gasteiger partial charge in [-0.3, -0.25) is 9.36 Å². The van der Waals surface area contributed by atoms with Gasteiger partial charge in [0.1, 0.15) is 18.0 Å². The summed E-state index contributed by atoms with van der Waals surface area (Å²) in [5.41, 5.74) is 7.10. The Bertz CT molecular complexity index is 1310. The maximum atomic E-state index is 12.5. The van der Waals surface area contributed by atoms with Gasteiger partial charge in [0, 0.05) is 13.0 Å². The van der Waals surface area contributed by atoms with Crippen molar-refractivity contribution in [2.45, 2.75) is 58.6 Å². The summed E-state index contributed by atoms with van der Waals surface area (Å²) in [6.07, 6.45) is 1.51. The average molecular weight is 564 g/mol. The Morgan fingerprint density at radius 2 is 2.03 bits per heavy atom. The molecule has 12 nitrogen and oxygen atoms in total. The predicted molar refractivity (Wildman–Crippen MR) is 148 cm³/mol. The lowest BCUT2D eigenvalue weighted by atomic mass is 10.1. The van der Waals surface area contributed by atoms with E-state index >= 15 is 0 Å². The Labute approximate surface area is 226 Å². The molecule has 1 aliphatic heterocycles. The smallest absolute Gasteiger partial charge is 0.323 e. The molecule has 1 saturated heterocycles. The zero-order valence-corrected chi connectivity index (χ0v) is 23.7. The first-order valence-corrected chi connectivity index (χ1v) is 15.0. The molecule has 0 bridgehead atoms. The van der Waals surface area contributed by atoms with E-state index in [1.165, 1.54) is 0 Å². The van der Waals surface area contributed by atoms with Crippen molar-refractivity contribution in [3.05, 3.63) is 36.7 Å². The second-order valence-electron chi connectivity index (χ2n) is 9.40. The van der Waals surface area contributed by atoms with Crippen molar-refractivity contribution in [2.24, 2.45) is 5.92 Å². The molecule has 5 atom stereocenters. The first-order chi connectivity index (χ1) is 18.1. The lowest BCUT2D eigenvalue weighted by Gasteiger charge is -2.27. The maximum Gasteiger partial charge on any atom is 0.323 e. The average Bonchev–Trinajstić information content (AvgIpc) is 3.45. The number of anilines is 2. The summed E-state index contributed by atoms with van der Waals surface area (Å²) in [6, 6.07) is 8.38. The predicted octanol–water partition coefficient (Wildman–Crippen LogP) is 3.62. The van der Waals surface area contributed by atoms with Crippen LogP contribution in [0.4, 0.5) is 11.8 Å². The van der Waals surface area contributed by atoms with Crippen LogP contribution in [0, 0.1) is 5.92 Å². The van der Waals surface area contributed by atoms with Crippen LogP contribution < -0.4 is 20.7 Å². The third kappa shape index (κ3) is 6.59. The molecule has 4 rings (SSSR count). The van der Waals surface area contributed by atoms with Gasteiger partial charge < -0.3 is 29.6 Å². The number of ether oxygens (including phenoxy) is 2. The number of rotatable bonds is 11. The standard InChI is InChI=1S/C24H34N7O5PS/c1-14(2)34-23(32)16(4)30-37(38,36-17-9-7-6-8-10-17)33-12-18-11-15(3)22(35-18)31-13-27-19-20(26-5)28-24(25)29-21(19)31/h6-10,13-16,18,22H,11-12H2,1-5H3,(H,30,38)(H3,25,26,28,29)/t15-,16-,18-,22+,37?/m0/s1. The summed E-state index contributed by atoms with van der Waals surface area (Å²) in [5, 5.41) is 6.06. The van der Waals surface area contributed by atoms with Crippen LogP contribution in [0.15, 0.2) is 36.7 Å². The molecule has 4 N–H and O–H groups in total. The Balaban J connectivity index is 1.48. The fourth-order valence-corrected chi connectivity index (χ4v) is 6.61. The molecule has 0 spiro atoms. The normalized spacial score (nSPS) is 21.8. The highest BCUT2D eigenvalue weighted by atomic mass is 32.5. The Hall–Kier alpha value is -2.83. The van der Waals surface area contributed by atoms with Crippen molar-refractivity contribution < 1.29 is 23.3 Å². The molecule has 206 valence electrons. The zero-order valence-electron chi connectivity index (χ0n) is 22.0. The van der Waals surface area contributed by atoms with Gasteiger partial charge in [-0.05, 0) is 51.1 Å². The number of aromatic nitrogens is 4. The zero-order chi connectivity index (χ0) is 27.4. The second kappa shape index (κ2) is 11.9. The van der Waals surface area contributed by atoms with Gasteiger partial charge in [-0.1, -0.05) is 25.1 Å². The van der Waals surface area contributed by atoms with Gasteiger partial charge in [0.15, 0.2) is 17.0 Å². The molecule has 1 unspecified atom stereocenters. The fraction of sp³-hybridized carbons (Fsp3) is 0.500. The van der Waals surface area contributed by atoms with Gasteiger partial charge in [-0.15, -0.1) is 0 Å². The van der Waals surface area contributed by atoms with Crippen molar-refractivity contribution in [1.29, 1.82) is 0 Å². The number of carbonyl (C=O) groups excluding carboxylic acids is 1. The monoisotopic (exact) mass is 563 g/mol. The Morgan fingerprint density at radius 1 is 1.29 bits per heavy atom. The van der Waals surface area contributed by atoms with Gasteiger partial charge in [0.2, 0.25) is 5.95 Å². The molecule has 0 aliphatic carbocycles. The van der Waals surface area contributed by atoms with E-state index in [1.54, 1.807) is 46.3 Å². The number of nitrogens with one attached hydrogen (secondary N) is 2. The summed E-state index contributed by atoms with van der Waals surface area (Å²) in [7, 11) is 1.75. The molecule has 3 heterocycles. The minimum atomic E-state index is -3.17. The molecule has 1 aromatic carbocycles. The molecule has 0 saturated carbocycles. The molecule has 1 fully saturated rings. The second-order valence-corrected chi connectivity index (χ2v) is 12.5. The summed E-state index contributed by atoms with van der Waals surface area (Å²) in [6.45, 7) is 4.33. The summed E-state index contributed by atoms with van der Waals surface area (Å²) in [4.78, 5) is 25.5. The van der Waals surface area contributed by atoms with Crippen LogP contribution in [0.2, 0.25) is 0 Å². The van der Waals surface area contributed by atoms with E-state index in [-0.39, 0.29) is 36.9 Å². The largest absolute Gasteiger partial charge is 0.462 e. The van der Waals surface area contributed by atoms with Crippen molar-refractivity contribution in [2.75, 3.05) is 24.7 Å². The van der Waals surface area contributed by atoms with Crippen LogP contribution in [-0.2, 0) is 30.6 Å². The van der Waals surface area contributed by atoms with Crippen molar-refractivity contribution in [1.82, 2.24) is 24.6 Å². The number of nitrogen functional groups attached to an aromatic ring is 1. The van der Waals surface area contributed by atoms with Crippen LogP contribution in [0.1, 0.15) is 40.3 Å². The number of hydrogen-bond donors (Lipinski definition) is 3. The molecule has 0 radical (unpaired) electrons. The van der Waals surface area contributed by atoms with E-state index in [2.05, 4.69) is 32.3 Å². The van der Waals surface area contributed by atoms with Gasteiger partial charge in [0.05, 0.1) is 25.1 Å². The van der Waals surface area contributed by atoms with Crippen LogP contribution in [-0.4, -0.2) is 57.4 Å². The van der Waals surface area contributed by atoms with E-state index in [4.69, 9.17) is 36.1 Å². The number of imidazole rings is 1. The number of carbonyl (C=O) groups is 1. The number of esters is 1. The number of benzene rings is 1. The number of para-hydroxylation sites is 1. The molecule has 2 aromatic heterocycles. The van der Waals surface area contributed by atoms with Gasteiger partial charge in [-0.2, -0.15) is 9.97 Å². The van der Waals surface area contributed by atoms with Gasteiger partial charge in [0.25, 0.3) is 0 Å². The third-order valence-corrected chi connectivity index (χ3v) is 8.36. The molecule has 14 heteroatoms. The van der Waals surface area contributed by atoms with E-state index in [1.807, 2.05) is 22.8 Å². The fourth-order valence-electron chi connectivity index (χ4n) is 4.17. The molecule has 3 aromatic rings. The molecule has 38 heavy (non-hydrogen) atoms. The summed E-state index contributed by atoms with van der Waals surface area (Å²) < 4.78 is 25.8. The van der Waals surface area contributed by atoms with Crippen LogP contribution in [0.3, 0.4) is 0 Å². The van der Waals surface area contributed by atoms with Crippen molar-refractivity contribution in [3.63, 3.8) is 0 Å². The first kappa shape index (κ1) is 28.2. The van der Waals surface area contributed by atoms with Gasteiger partial charge in [-0.25, -0.2) is 10.1 Å². The topological polar surface area (TPSA) is 148 Å². The van der Waals surface area contributed by atoms with E-state index in [9.17, 15) is 4.79 Å². The minimum Gasteiger partial charge on any atom is -0.462 e. The lowest BCUT2D eigenvalue weighted by molar-refractivity contribution is -0.149. The number of nitrogens with zero attached hydrogens (tertiary/aromatic N) is 4. The van der Waals surface area contributed by atoms with Gasteiger partial charge >= 0.3 is 12.6 Å². The molecule has 0 amide bonds. The van der Waals surface area contributed by atoms with E-state index < -0.39 is 18.7 Å². The SMILES string of the molecule is CNc1nc(N)nc2c1ncn2[C@@H]1O[C@H](COP(=S)(N[C@@H](C)C(=O)OC(C)C)Oc2ccccc2)C[C@@H]1C. The highest BCUT2D eigenvalue weighted by Crippen LogP contribution is 2.47. The van der Waals surface area contributed by atoms with Crippen LogP contribution in [0.5, 0.6) is 5.75 Å². The molecular weight excluding hydrogens is 529 g/mol. The number of nitrogens with two attached hydrogens (primary N) is 1. The maximum absolute atomic E-state index is 12.5. The highest BCUT2D eigenvalue weighted by molar-refractivity contribution is 8.09. The Kier molecular flexibility index (Phi) is 8.84. The molecular formula is C24H34N7O5PS.